The van der Waals surface area contributed by atoms with Crippen LogP contribution in [0, 0.1) is 0 Å². The van der Waals surface area contributed by atoms with Gasteiger partial charge in [0.25, 0.3) is 0 Å². The lowest BCUT2D eigenvalue weighted by Gasteiger charge is -1.87. The van der Waals surface area contributed by atoms with E-state index in [1.165, 1.54) is 11.3 Å². The number of aromatic amines is 1. The van der Waals surface area contributed by atoms with Gasteiger partial charge in [-0.05, 0) is 12.1 Å². The molecule has 0 aliphatic heterocycles. The maximum Gasteiger partial charge on any atom is 0.178 e. The van der Waals surface area contributed by atoms with E-state index in [2.05, 4.69) is 19.9 Å². The molecule has 3 heterocycles. The van der Waals surface area contributed by atoms with E-state index in [0.717, 1.165) is 22.0 Å². The largest absolute Gasteiger partial charge is 0.335 e. The van der Waals surface area contributed by atoms with E-state index in [1.807, 2.05) is 17.5 Å². The van der Waals surface area contributed by atoms with Crippen molar-refractivity contribution in [1.82, 2.24) is 19.9 Å². The summed E-state index contributed by atoms with van der Waals surface area (Å²) in [6.07, 6.45) is 1.72. The normalized spacial score (nSPS) is 11.1. The van der Waals surface area contributed by atoms with Gasteiger partial charge in [0, 0.05) is 18.1 Å². The number of hydrogen-bond acceptors (Lipinski definition) is 5. The number of nitrogens with two attached hydrogens (primary N) is 1. The Morgan fingerprint density at radius 2 is 2.31 bits per heavy atom. The lowest BCUT2D eigenvalue weighted by atomic mass is 10.4. The summed E-state index contributed by atoms with van der Waals surface area (Å²) in [5.41, 5.74) is 7.97. The summed E-state index contributed by atoms with van der Waals surface area (Å²) in [5.74, 6) is 0.740. The van der Waals surface area contributed by atoms with Gasteiger partial charge in [-0.3, -0.25) is 0 Å². The third-order valence-electron chi connectivity index (χ3n) is 2.23. The minimum absolute atomic E-state index is 0.461. The van der Waals surface area contributed by atoms with Gasteiger partial charge in [0.15, 0.2) is 11.5 Å². The number of fused-ring (bicyclic) bond motifs is 1. The molecular formula is C10H9N5S. The molecule has 80 valence electrons. The molecule has 0 spiro atoms. The molecule has 3 aromatic rings. The molecule has 0 saturated heterocycles. The molecule has 16 heavy (non-hydrogen) atoms. The SMILES string of the molecule is NCc1nc(-c2nc3ncccc3[nH]2)cs1. The maximum atomic E-state index is 5.52. The molecule has 0 radical (unpaired) electrons. The van der Waals surface area contributed by atoms with E-state index in [4.69, 9.17) is 5.73 Å². The first-order chi connectivity index (χ1) is 7.86. The Labute approximate surface area is 95.4 Å². The topological polar surface area (TPSA) is 80.5 Å². The molecule has 3 N–H and O–H groups in total. The highest BCUT2D eigenvalue weighted by atomic mass is 32.1. The van der Waals surface area contributed by atoms with Crippen LogP contribution >= 0.6 is 11.3 Å². The van der Waals surface area contributed by atoms with Crippen molar-refractivity contribution in [1.29, 1.82) is 0 Å². The van der Waals surface area contributed by atoms with Gasteiger partial charge >= 0.3 is 0 Å². The predicted octanol–water partition coefficient (Wildman–Crippen LogP) is 1.54. The Hall–Kier alpha value is -1.79. The Balaban J connectivity index is 2.11. The van der Waals surface area contributed by atoms with Crippen LogP contribution < -0.4 is 5.73 Å². The van der Waals surface area contributed by atoms with Crippen LogP contribution in [0.5, 0.6) is 0 Å². The van der Waals surface area contributed by atoms with E-state index in [1.54, 1.807) is 6.20 Å². The molecule has 5 nitrogen and oxygen atoms in total. The fourth-order valence-electron chi connectivity index (χ4n) is 1.48. The number of pyridine rings is 1. The zero-order chi connectivity index (χ0) is 11.0. The van der Waals surface area contributed by atoms with E-state index in [0.29, 0.717) is 12.2 Å². The monoisotopic (exact) mass is 231 g/mol. The summed E-state index contributed by atoms with van der Waals surface area (Å²) >= 11 is 1.54. The zero-order valence-corrected chi connectivity index (χ0v) is 9.16. The standard InChI is InChI=1S/C10H9N5S/c11-4-8-13-7(5-16-8)10-14-6-2-1-3-12-9(6)15-10/h1-3,5H,4,11H2,(H,12,14,15). The minimum Gasteiger partial charge on any atom is -0.335 e. The van der Waals surface area contributed by atoms with Crippen LogP contribution in [0.3, 0.4) is 0 Å². The number of aromatic nitrogens is 4. The van der Waals surface area contributed by atoms with E-state index in [-0.39, 0.29) is 0 Å². The van der Waals surface area contributed by atoms with Crippen LogP contribution in [-0.2, 0) is 6.54 Å². The first kappa shape index (κ1) is 9.44. The van der Waals surface area contributed by atoms with Crippen LogP contribution in [-0.4, -0.2) is 19.9 Å². The van der Waals surface area contributed by atoms with Gasteiger partial charge in [-0.2, -0.15) is 0 Å². The molecule has 0 atom stereocenters. The predicted molar refractivity (Wildman–Crippen MR) is 62.9 cm³/mol. The molecule has 0 fully saturated rings. The fourth-order valence-corrected chi connectivity index (χ4v) is 2.14. The van der Waals surface area contributed by atoms with Gasteiger partial charge in [0.2, 0.25) is 0 Å². The van der Waals surface area contributed by atoms with Gasteiger partial charge in [-0.1, -0.05) is 0 Å². The number of thiazole rings is 1. The van der Waals surface area contributed by atoms with Crippen molar-refractivity contribution in [3.63, 3.8) is 0 Å². The van der Waals surface area contributed by atoms with Crippen molar-refractivity contribution in [2.45, 2.75) is 6.54 Å². The van der Waals surface area contributed by atoms with Crippen LogP contribution in [0.4, 0.5) is 0 Å². The van der Waals surface area contributed by atoms with Gasteiger partial charge < -0.3 is 10.7 Å². The molecule has 0 amide bonds. The highest BCUT2D eigenvalue weighted by molar-refractivity contribution is 7.09. The van der Waals surface area contributed by atoms with Crippen molar-refractivity contribution in [2.24, 2.45) is 5.73 Å². The number of nitrogens with one attached hydrogen (secondary N) is 1. The average molecular weight is 231 g/mol. The summed E-state index contributed by atoms with van der Waals surface area (Å²) in [6, 6.07) is 3.81. The van der Waals surface area contributed by atoms with E-state index < -0.39 is 0 Å². The fraction of sp³-hybridized carbons (Fsp3) is 0.100. The molecule has 0 bridgehead atoms. The van der Waals surface area contributed by atoms with Crippen LogP contribution in [0.25, 0.3) is 22.7 Å². The van der Waals surface area contributed by atoms with Crippen LogP contribution in [0.1, 0.15) is 5.01 Å². The van der Waals surface area contributed by atoms with Crippen molar-refractivity contribution < 1.29 is 0 Å². The molecule has 3 aromatic heterocycles. The molecule has 0 unspecified atom stereocenters. The maximum absolute atomic E-state index is 5.52. The second kappa shape index (κ2) is 3.66. The van der Waals surface area contributed by atoms with Crippen molar-refractivity contribution >= 4 is 22.5 Å². The number of hydrogen-bond donors (Lipinski definition) is 2. The lowest BCUT2D eigenvalue weighted by molar-refractivity contribution is 1.04. The van der Waals surface area contributed by atoms with E-state index >= 15 is 0 Å². The van der Waals surface area contributed by atoms with Gasteiger partial charge in [0.05, 0.1) is 5.52 Å². The first-order valence-electron chi connectivity index (χ1n) is 4.82. The summed E-state index contributed by atoms with van der Waals surface area (Å²) in [5, 5.41) is 2.85. The zero-order valence-electron chi connectivity index (χ0n) is 8.34. The molecule has 0 saturated carbocycles. The Morgan fingerprint density at radius 1 is 1.38 bits per heavy atom. The average Bonchev–Trinajstić information content (AvgIpc) is 2.95. The second-order valence-electron chi connectivity index (χ2n) is 3.29. The second-order valence-corrected chi connectivity index (χ2v) is 4.23. The third-order valence-corrected chi connectivity index (χ3v) is 3.10. The summed E-state index contributed by atoms with van der Waals surface area (Å²) in [7, 11) is 0. The number of nitrogens with zero attached hydrogens (tertiary/aromatic N) is 3. The Morgan fingerprint density at radius 3 is 3.06 bits per heavy atom. The van der Waals surface area contributed by atoms with Gasteiger partial charge in [-0.15, -0.1) is 11.3 Å². The molecule has 3 rings (SSSR count). The van der Waals surface area contributed by atoms with Crippen molar-refractivity contribution in [3.8, 4) is 11.5 Å². The first-order valence-corrected chi connectivity index (χ1v) is 5.70. The molecule has 0 aliphatic carbocycles. The van der Waals surface area contributed by atoms with Crippen LogP contribution in [0.15, 0.2) is 23.7 Å². The smallest absolute Gasteiger partial charge is 0.178 e. The lowest BCUT2D eigenvalue weighted by Crippen LogP contribution is -1.94. The highest BCUT2D eigenvalue weighted by Gasteiger charge is 2.08. The molecule has 0 aliphatic rings. The highest BCUT2D eigenvalue weighted by Crippen LogP contribution is 2.20. The Kier molecular flexibility index (Phi) is 2.16. The van der Waals surface area contributed by atoms with Crippen molar-refractivity contribution in [3.05, 3.63) is 28.7 Å². The molecule has 6 heteroatoms. The van der Waals surface area contributed by atoms with Crippen LogP contribution in [0.2, 0.25) is 0 Å². The molecular weight excluding hydrogens is 222 g/mol. The van der Waals surface area contributed by atoms with Gasteiger partial charge in [0.1, 0.15) is 10.7 Å². The molecule has 0 aromatic carbocycles. The summed E-state index contributed by atoms with van der Waals surface area (Å²) < 4.78 is 0. The quantitative estimate of drug-likeness (QED) is 0.701. The number of imidazole rings is 1. The summed E-state index contributed by atoms with van der Waals surface area (Å²) in [4.78, 5) is 16.1. The third kappa shape index (κ3) is 1.48. The minimum atomic E-state index is 0.461. The van der Waals surface area contributed by atoms with Gasteiger partial charge in [-0.25, -0.2) is 15.0 Å². The Bertz CT molecular complexity index is 594. The number of rotatable bonds is 2. The van der Waals surface area contributed by atoms with Crippen molar-refractivity contribution in [2.75, 3.05) is 0 Å². The van der Waals surface area contributed by atoms with E-state index in [9.17, 15) is 0 Å². The summed E-state index contributed by atoms with van der Waals surface area (Å²) in [6.45, 7) is 0.461. The number of H-pyrrole nitrogens is 1.